The molecular weight excluding hydrogens is 312 g/mol. The number of rotatable bonds is 17. The summed E-state index contributed by atoms with van der Waals surface area (Å²) in [7, 11) is 0. The van der Waals surface area contributed by atoms with Crippen molar-refractivity contribution >= 4 is 5.97 Å². The van der Waals surface area contributed by atoms with E-state index in [2.05, 4.69) is 31.2 Å². The van der Waals surface area contributed by atoms with E-state index < -0.39 is 0 Å². The number of hydrogen-bond acceptors (Lipinski definition) is 4. The first-order valence-corrected chi connectivity index (χ1v) is 10.1. The molecule has 0 radical (unpaired) electrons. The van der Waals surface area contributed by atoms with Crippen molar-refractivity contribution in [2.75, 3.05) is 13.1 Å². The Morgan fingerprint density at radius 1 is 0.840 bits per heavy atom. The summed E-state index contributed by atoms with van der Waals surface area (Å²) < 4.78 is 5.16. The van der Waals surface area contributed by atoms with Gasteiger partial charge in [0.2, 0.25) is 0 Å². The number of unbranched alkanes of at least 4 members (excludes halogenated alkanes) is 8. The molecule has 0 aliphatic rings. The van der Waals surface area contributed by atoms with Gasteiger partial charge in [-0.3, -0.25) is 4.79 Å². The maximum absolute atomic E-state index is 11.6. The molecule has 0 bridgehead atoms. The minimum atomic E-state index is -0.328. The summed E-state index contributed by atoms with van der Waals surface area (Å²) in [4.78, 5) is 11.6. The van der Waals surface area contributed by atoms with E-state index in [1.54, 1.807) is 0 Å². The smallest absolute Gasteiger partial charge is 0.306 e. The predicted octanol–water partition coefficient (Wildman–Crippen LogP) is 4.63. The lowest BCUT2D eigenvalue weighted by Crippen LogP contribution is -2.33. The molecule has 4 N–H and O–H groups in total. The highest BCUT2D eigenvalue weighted by molar-refractivity contribution is 5.69. The number of carbonyl (C=O) groups is 1. The molecular formula is C21H40N2O2. The van der Waals surface area contributed by atoms with E-state index in [0.717, 1.165) is 25.7 Å². The first-order chi connectivity index (χ1) is 12.2. The summed E-state index contributed by atoms with van der Waals surface area (Å²) in [6, 6.07) is 0. The van der Waals surface area contributed by atoms with Crippen molar-refractivity contribution in [2.24, 2.45) is 11.5 Å². The number of allylic oxidation sites excluding steroid dienone is 4. The van der Waals surface area contributed by atoms with Crippen LogP contribution in [0.3, 0.4) is 0 Å². The highest BCUT2D eigenvalue weighted by Crippen LogP contribution is 2.09. The molecule has 0 spiro atoms. The van der Waals surface area contributed by atoms with Crippen LogP contribution in [0.1, 0.15) is 84.0 Å². The van der Waals surface area contributed by atoms with Crippen LogP contribution in [0, 0.1) is 0 Å². The summed E-state index contributed by atoms with van der Waals surface area (Å²) in [6.45, 7) is 2.83. The highest BCUT2D eigenvalue weighted by Gasteiger charge is 2.10. The molecule has 0 aromatic carbocycles. The molecule has 0 fully saturated rings. The van der Waals surface area contributed by atoms with Gasteiger partial charge in [0.1, 0.15) is 6.10 Å². The third-order valence-electron chi connectivity index (χ3n) is 4.16. The molecule has 0 amide bonds. The first kappa shape index (κ1) is 23.9. The molecule has 0 saturated heterocycles. The average molecular weight is 353 g/mol. The van der Waals surface area contributed by atoms with E-state index in [0.29, 0.717) is 19.5 Å². The third kappa shape index (κ3) is 17.5. The van der Waals surface area contributed by atoms with Crippen LogP contribution in [-0.2, 0) is 9.53 Å². The zero-order valence-corrected chi connectivity index (χ0v) is 16.3. The number of carbonyl (C=O) groups excluding carboxylic acids is 1. The van der Waals surface area contributed by atoms with Crippen LogP contribution in [0.4, 0.5) is 0 Å². The van der Waals surface area contributed by atoms with Gasteiger partial charge >= 0.3 is 5.97 Å². The van der Waals surface area contributed by atoms with Crippen LogP contribution in [0.15, 0.2) is 24.3 Å². The van der Waals surface area contributed by atoms with Gasteiger partial charge in [-0.25, -0.2) is 0 Å². The number of esters is 1. The van der Waals surface area contributed by atoms with Crippen molar-refractivity contribution in [2.45, 2.75) is 90.1 Å². The molecule has 0 atom stereocenters. The van der Waals surface area contributed by atoms with Crippen molar-refractivity contribution < 1.29 is 9.53 Å². The van der Waals surface area contributed by atoms with Gasteiger partial charge < -0.3 is 16.2 Å². The van der Waals surface area contributed by atoms with E-state index >= 15 is 0 Å². The molecule has 0 aliphatic heterocycles. The second-order valence-corrected chi connectivity index (χ2v) is 6.56. The maximum atomic E-state index is 11.6. The van der Waals surface area contributed by atoms with E-state index in [1.165, 1.54) is 44.9 Å². The normalized spacial score (nSPS) is 11.8. The van der Waals surface area contributed by atoms with Crippen LogP contribution in [-0.4, -0.2) is 25.2 Å². The first-order valence-electron chi connectivity index (χ1n) is 10.1. The lowest BCUT2D eigenvalue weighted by molar-refractivity contribution is -0.148. The van der Waals surface area contributed by atoms with Crippen molar-refractivity contribution in [3.05, 3.63) is 24.3 Å². The Morgan fingerprint density at radius 2 is 1.40 bits per heavy atom. The quantitative estimate of drug-likeness (QED) is 0.227. The molecule has 146 valence electrons. The van der Waals surface area contributed by atoms with Gasteiger partial charge in [0.15, 0.2) is 0 Å². The Balaban J connectivity index is 3.35. The lowest BCUT2D eigenvalue weighted by atomic mass is 10.1. The fraction of sp³-hybridized carbons (Fsp3) is 0.762. The number of nitrogens with two attached hydrogens (primary N) is 2. The van der Waals surface area contributed by atoms with Gasteiger partial charge in [-0.2, -0.15) is 0 Å². The fourth-order valence-electron chi connectivity index (χ4n) is 2.52. The fourth-order valence-corrected chi connectivity index (χ4v) is 2.52. The van der Waals surface area contributed by atoms with Gasteiger partial charge in [-0.15, -0.1) is 0 Å². The van der Waals surface area contributed by atoms with Crippen LogP contribution in [0.2, 0.25) is 0 Å². The van der Waals surface area contributed by atoms with Gasteiger partial charge in [0.25, 0.3) is 0 Å². The van der Waals surface area contributed by atoms with E-state index in [9.17, 15) is 4.79 Å². The second kappa shape index (κ2) is 19.2. The Labute approximate surface area is 155 Å². The third-order valence-corrected chi connectivity index (χ3v) is 4.16. The highest BCUT2D eigenvalue weighted by atomic mass is 16.5. The van der Waals surface area contributed by atoms with Gasteiger partial charge in [0.05, 0.1) is 0 Å². The Hall–Kier alpha value is -1.13. The van der Waals surface area contributed by atoms with E-state index in [1.807, 2.05) is 0 Å². The van der Waals surface area contributed by atoms with E-state index in [-0.39, 0.29) is 12.1 Å². The minimum absolute atomic E-state index is 0.174. The largest absolute Gasteiger partial charge is 0.460 e. The van der Waals surface area contributed by atoms with E-state index in [4.69, 9.17) is 16.2 Å². The topological polar surface area (TPSA) is 78.3 Å². The van der Waals surface area contributed by atoms with Crippen LogP contribution < -0.4 is 11.5 Å². The number of ether oxygens (including phenoxy) is 1. The number of hydrogen-bond donors (Lipinski definition) is 2. The lowest BCUT2D eigenvalue weighted by Gasteiger charge is -2.13. The Bertz CT molecular complexity index is 350. The molecule has 0 rings (SSSR count). The molecule has 0 heterocycles. The molecule has 4 nitrogen and oxygen atoms in total. The van der Waals surface area contributed by atoms with Crippen LogP contribution in [0.25, 0.3) is 0 Å². The molecule has 0 aromatic rings. The second-order valence-electron chi connectivity index (χ2n) is 6.56. The maximum Gasteiger partial charge on any atom is 0.306 e. The average Bonchev–Trinajstić information content (AvgIpc) is 2.62. The zero-order chi connectivity index (χ0) is 18.6. The summed E-state index contributed by atoms with van der Waals surface area (Å²) in [5.74, 6) is -0.174. The molecule has 0 aliphatic carbocycles. The molecule has 4 heteroatoms. The van der Waals surface area contributed by atoms with Crippen molar-refractivity contribution in [1.82, 2.24) is 0 Å². The standard InChI is InChI=1S/C21H40N2O2/c1-2-3-4-5-6-7-8-9-10-11-12-13-14-15-16-17-21(24)25-20(18-22)19-23/h6-7,9-10,20H,2-5,8,11-19,22-23H2,1H3/b7-6-,10-9-. The zero-order valence-electron chi connectivity index (χ0n) is 16.3. The summed E-state index contributed by atoms with van der Waals surface area (Å²) in [5, 5.41) is 0. The van der Waals surface area contributed by atoms with Crippen molar-refractivity contribution in [1.29, 1.82) is 0 Å². The van der Waals surface area contributed by atoms with Gasteiger partial charge in [-0.1, -0.05) is 63.3 Å². The van der Waals surface area contributed by atoms with Gasteiger partial charge in [0, 0.05) is 19.5 Å². The molecule has 0 saturated carbocycles. The van der Waals surface area contributed by atoms with Crippen LogP contribution in [0.5, 0.6) is 0 Å². The molecule has 0 aromatic heterocycles. The monoisotopic (exact) mass is 352 g/mol. The SMILES string of the molecule is CCCCC/C=C\C/C=C\CCCCCCCC(=O)OC(CN)CN. The molecule has 0 unspecified atom stereocenters. The Morgan fingerprint density at radius 3 is 2.00 bits per heavy atom. The van der Waals surface area contributed by atoms with Crippen LogP contribution >= 0.6 is 0 Å². The van der Waals surface area contributed by atoms with Crippen molar-refractivity contribution in [3.8, 4) is 0 Å². The summed E-state index contributed by atoms with van der Waals surface area (Å²) >= 11 is 0. The van der Waals surface area contributed by atoms with Crippen molar-refractivity contribution in [3.63, 3.8) is 0 Å². The minimum Gasteiger partial charge on any atom is -0.460 e. The summed E-state index contributed by atoms with van der Waals surface area (Å²) in [5.41, 5.74) is 10.9. The summed E-state index contributed by atoms with van der Waals surface area (Å²) in [6.07, 6.45) is 22.2. The molecule has 25 heavy (non-hydrogen) atoms. The Kier molecular flexibility index (Phi) is 18.3. The van der Waals surface area contributed by atoms with Gasteiger partial charge in [-0.05, 0) is 38.5 Å². The predicted molar refractivity (Wildman–Crippen MR) is 107 cm³/mol.